The van der Waals surface area contributed by atoms with Crippen molar-refractivity contribution in [2.45, 2.75) is 19.5 Å². The van der Waals surface area contributed by atoms with E-state index in [0.717, 1.165) is 13.0 Å². The average Bonchev–Trinajstić information content (AvgIpc) is 2.29. The fourth-order valence-corrected chi connectivity index (χ4v) is 1.43. The van der Waals surface area contributed by atoms with Crippen molar-refractivity contribution in [3.8, 4) is 6.07 Å². The summed E-state index contributed by atoms with van der Waals surface area (Å²) in [5.41, 5.74) is -1.59. The van der Waals surface area contributed by atoms with Crippen molar-refractivity contribution < 1.29 is 22.8 Å². The minimum absolute atomic E-state index is 0.105. The molecular weight excluding hydrogens is 275 g/mol. The van der Waals surface area contributed by atoms with Gasteiger partial charge in [-0.25, -0.2) is 0 Å². The lowest BCUT2D eigenvalue weighted by atomic mass is 10.1. The first-order chi connectivity index (χ1) is 9.24. The van der Waals surface area contributed by atoms with E-state index in [9.17, 15) is 22.8 Å². The maximum absolute atomic E-state index is 12.8. The van der Waals surface area contributed by atoms with Crippen LogP contribution in [0, 0.1) is 11.3 Å². The van der Waals surface area contributed by atoms with Crippen LogP contribution in [0.5, 0.6) is 0 Å². The van der Waals surface area contributed by atoms with E-state index in [1.165, 1.54) is 6.07 Å². The van der Waals surface area contributed by atoms with Crippen molar-refractivity contribution in [2.75, 3.05) is 10.6 Å². The van der Waals surface area contributed by atoms with E-state index in [4.69, 9.17) is 5.26 Å². The van der Waals surface area contributed by atoms with Gasteiger partial charge >= 0.3 is 6.18 Å². The molecule has 0 fully saturated rings. The Hall–Kier alpha value is -2.56. The van der Waals surface area contributed by atoms with E-state index in [1.807, 2.05) is 0 Å². The number of rotatable bonds is 3. The number of hydrogen-bond acceptors (Lipinski definition) is 3. The van der Waals surface area contributed by atoms with Crippen LogP contribution in [0.2, 0.25) is 0 Å². The quantitative estimate of drug-likeness (QED) is 0.895. The molecule has 20 heavy (non-hydrogen) atoms. The summed E-state index contributed by atoms with van der Waals surface area (Å²) in [7, 11) is 0. The Morgan fingerprint density at radius 2 is 1.95 bits per heavy atom. The van der Waals surface area contributed by atoms with Gasteiger partial charge in [0.25, 0.3) is 0 Å². The predicted molar refractivity (Wildman–Crippen MR) is 64.6 cm³/mol. The highest BCUT2D eigenvalue weighted by molar-refractivity contribution is 5.93. The summed E-state index contributed by atoms with van der Waals surface area (Å²) in [5, 5.41) is 12.5. The Morgan fingerprint density at radius 3 is 2.45 bits per heavy atom. The monoisotopic (exact) mass is 285 g/mol. The van der Waals surface area contributed by atoms with Gasteiger partial charge in [-0.2, -0.15) is 18.4 Å². The number of nitriles is 1. The molecule has 0 heterocycles. The molecular formula is C12H10F3N3O2. The van der Waals surface area contributed by atoms with Gasteiger partial charge in [-0.3, -0.25) is 9.59 Å². The standard InChI is InChI=1S/C12H10F3N3O2/c1-7(19)17-10-3-2-8(18-11(20)4-5-16)6-9(10)12(13,14)15/h2-3,6H,4H2,1H3,(H,17,19)(H,18,20). The van der Waals surface area contributed by atoms with E-state index in [0.29, 0.717) is 6.07 Å². The Balaban J connectivity index is 3.12. The number of benzene rings is 1. The third-order valence-corrected chi connectivity index (χ3v) is 2.16. The molecule has 0 bridgehead atoms. The highest BCUT2D eigenvalue weighted by atomic mass is 19.4. The van der Waals surface area contributed by atoms with Crippen LogP contribution in [0.3, 0.4) is 0 Å². The van der Waals surface area contributed by atoms with Crippen LogP contribution < -0.4 is 10.6 Å². The molecule has 0 aliphatic rings. The van der Waals surface area contributed by atoms with E-state index in [1.54, 1.807) is 6.07 Å². The number of alkyl halides is 3. The lowest BCUT2D eigenvalue weighted by Crippen LogP contribution is -2.16. The summed E-state index contributed by atoms with van der Waals surface area (Å²) in [6.45, 7) is 1.09. The van der Waals surface area contributed by atoms with Crippen LogP contribution in [0.1, 0.15) is 18.9 Å². The van der Waals surface area contributed by atoms with Crippen molar-refractivity contribution in [1.29, 1.82) is 5.26 Å². The van der Waals surface area contributed by atoms with Crippen LogP contribution in [0.15, 0.2) is 18.2 Å². The molecule has 0 radical (unpaired) electrons. The van der Waals surface area contributed by atoms with Crippen LogP contribution in [-0.4, -0.2) is 11.8 Å². The van der Waals surface area contributed by atoms with Crippen molar-refractivity contribution in [3.63, 3.8) is 0 Å². The molecule has 2 N–H and O–H groups in total. The van der Waals surface area contributed by atoms with Gasteiger partial charge in [0.05, 0.1) is 17.3 Å². The van der Waals surface area contributed by atoms with Crippen LogP contribution >= 0.6 is 0 Å². The molecule has 106 valence electrons. The maximum atomic E-state index is 12.8. The van der Waals surface area contributed by atoms with E-state index in [2.05, 4.69) is 10.6 Å². The topological polar surface area (TPSA) is 82.0 Å². The molecule has 0 aromatic heterocycles. The minimum Gasteiger partial charge on any atom is -0.326 e. The van der Waals surface area contributed by atoms with Crippen LogP contribution in [0.25, 0.3) is 0 Å². The molecule has 0 spiro atoms. The second kappa shape index (κ2) is 6.06. The summed E-state index contributed by atoms with van der Waals surface area (Å²) in [6, 6.07) is 4.51. The summed E-state index contributed by atoms with van der Waals surface area (Å²) in [4.78, 5) is 22.0. The van der Waals surface area contributed by atoms with Gasteiger partial charge < -0.3 is 10.6 Å². The fourth-order valence-electron chi connectivity index (χ4n) is 1.43. The van der Waals surface area contributed by atoms with Crippen molar-refractivity contribution >= 4 is 23.2 Å². The second-order valence-electron chi connectivity index (χ2n) is 3.82. The van der Waals surface area contributed by atoms with E-state index >= 15 is 0 Å². The fraction of sp³-hybridized carbons (Fsp3) is 0.250. The Labute approximate surface area is 112 Å². The summed E-state index contributed by atoms with van der Waals surface area (Å²) >= 11 is 0. The maximum Gasteiger partial charge on any atom is 0.418 e. The van der Waals surface area contributed by atoms with Gasteiger partial charge in [-0.15, -0.1) is 0 Å². The molecule has 0 saturated heterocycles. The number of hydrogen-bond donors (Lipinski definition) is 2. The van der Waals surface area contributed by atoms with Gasteiger partial charge in [-0.05, 0) is 18.2 Å². The highest BCUT2D eigenvalue weighted by Gasteiger charge is 2.34. The van der Waals surface area contributed by atoms with Gasteiger partial charge in [0.2, 0.25) is 11.8 Å². The first-order valence-corrected chi connectivity index (χ1v) is 5.39. The second-order valence-corrected chi connectivity index (χ2v) is 3.82. The molecule has 0 saturated carbocycles. The Kier molecular flexibility index (Phi) is 4.69. The summed E-state index contributed by atoms with van der Waals surface area (Å²) in [6.07, 6.45) is -5.15. The molecule has 1 rings (SSSR count). The summed E-state index contributed by atoms with van der Waals surface area (Å²) in [5.74, 6) is -1.36. The molecule has 2 amide bonds. The molecule has 8 heteroatoms. The van der Waals surface area contributed by atoms with Crippen molar-refractivity contribution in [2.24, 2.45) is 0 Å². The lowest BCUT2D eigenvalue weighted by Gasteiger charge is -2.14. The molecule has 1 aromatic rings. The lowest BCUT2D eigenvalue weighted by molar-refractivity contribution is -0.137. The van der Waals surface area contributed by atoms with Gasteiger partial charge in [0.15, 0.2) is 0 Å². The number of nitrogens with one attached hydrogen (secondary N) is 2. The number of amides is 2. The van der Waals surface area contributed by atoms with Gasteiger partial charge in [-0.1, -0.05) is 0 Å². The number of carbonyl (C=O) groups is 2. The van der Waals surface area contributed by atoms with Gasteiger partial charge in [0.1, 0.15) is 6.42 Å². The minimum atomic E-state index is -4.69. The highest BCUT2D eigenvalue weighted by Crippen LogP contribution is 2.36. The predicted octanol–water partition coefficient (Wildman–Crippen LogP) is 2.52. The molecule has 0 unspecified atom stereocenters. The van der Waals surface area contributed by atoms with E-state index < -0.39 is 35.7 Å². The number of carbonyl (C=O) groups excluding carboxylic acids is 2. The number of nitrogens with zero attached hydrogens (tertiary/aromatic N) is 1. The van der Waals surface area contributed by atoms with Gasteiger partial charge in [0, 0.05) is 12.6 Å². The SMILES string of the molecule is CC(=O)Nc1ccc(NC(=O)CC#N)cc1C(F)(F)F. The third kappa shape index (κ3) is 4.28. The normalized spacial score (nSPS) is 10.6. The van der Waals surface area contributed by atoms with Crippen LogP contribution in [-0.2, 0) is 15.8 Å². The summed E-state index contributed by atoms with van der Waals surface area (Å²) < 4.78 is 38.5. The molecule has 0 aliphatic carbocycles. The average molecular weight is 285 g/mol. The molecule has 1 aromatic carbocycles. The first-order valence-electron chi connectivity index (χ1n) is 5.39. The van der Waals surface area contributed by atoms with Crippen molar-refractivity contribution in [3.05, 3.63) is 23.8 Å². The van der Waals surface area contributed by atoms with Crippen LogP contribution in [0.4, 0.5) is 24.5 Å². The largest absolute Gasteiger partial charge is 0.418 e. The first kappa shape index (κ1) is 15.5. The zero-order valence-corrected chi connectivity index (χ0v) is 10.3. The third-order valence-electron chi connectivity index (χ3n) is 2.16. The van der Waals surface area contributed by atoms with E-state index in [-0.39, 0.29) is 5.69 Å². The zero-order chi connectivity index (χ0) is 15.3. The van der Waals surface area contributed by atoms with Crippen molar-refractivity contribution in [1.82, 2.24) is 0 Å². The Morgan fingerprint density at radius 1 is 1.30 bits per heavy atom. The molecule has 5 nitrogen and oxygen atoms in total. The molecule has 0 aliphatic heterocycles. The number of halogens is 3. The zero-order valence-electron chi connectivity index (χ0n) is 10.3. The Bertz CT molecular complexity index is 576. The number of anilines is 2. The smallest absolute Gasteiger partial charge is 0.326 e. The molecule has 0 atom stereocenters.